The van der Waals surface area contributed by atoms with Gasteiger partial charge in [-0.05, 0) is 45.4 Å². The highest BCUT2D eigenvalue weighted by Crippen LogP contribution is 2.24. The molecule has 0 aromatic heterocycles. The van der Waals surface area contributed by atoms with E-state index in [0.29, 0.717) is 29.4 Å². The highest BCUT2D eigenvalue weighted by molar-refractivity contribution is 6.34. The Labute approximate surface area is 131 Å². The van der Waals surface area contributed by atoms with E-state index in [9.17, 15) is 4.79 Å². The van der Waals surface area contributed by atoms with Crippen LogP contribution in [0.15, 0.2) is 18.2 Å². The third kappa shape index (κ3) is 5.19. The molecule has 1 atom stereocenters. The number of aliphatic hydroxyl groups is 1. The van der Waals surface area contributed by atoms with Gasteiger partial charge in [0.05, 0.1) is 16.8 Å². The van der Waals surface area contributed by atoms with Crippen molar-refractivity contribution in [3.8, 4) is 0 Å². The minimum Gasteiger partial charge on any atom is -0.399 e. The van der Waals surface area contributed by atoms with Gasteiger partial charge in [0.1, 0.15) is 0 Å². The van der Waals surface area contributed by atoms with Gasteiger partial charge in [-0.1, -0.05) is 11.6 Å². The maximum atomic E-state index is 12.4. The second kappa shape index (κ2) is 8.22. The van der Waals surface area contributed by atoms with Gasteiger partial charge in [-0.25, -0.2) is 0 Å². The Bertz CT molecular complexity index is 480. The fourth-order valence-corrected chi connectivity index (χ4v) is 2.41. The maximum absolute atomic E-state index is 12.4. The molecule has 118 valence electrons. The summed E-state index contributed by atoms with van der Waals surface area (Å²) in [5.74, 6) is -0.131. The molecule has 4 N–H and O–H groups in total. The third-order valence-electron chi connectivity index (χ3n) is 3.37. The van der Waals surface area contributed by atoms with Crippen molar-refractivity contribution < 1.29 is 9.90 Å². The predicted octanol–water partition coefficient (Wildman–Crippen LogP) is 2.34. The number of benzene rings is 1. The zero-order valence-electron chi connectivity index (χ0n) is 12.8. The normalized spacial score (nSPS) is 12.7. The maximum Gasteiger partial charge on any atom is 0.241 e. The fourth-order valence-electron chi connectivity index (χ4n) is 2.17. The number of rotatable bonds is 7. The Kier molecular flexibility index (Phi) is 6.95. The predicted molar refractivity (Wildman–Crippen MR) is 87.5 cm³/mol. The Morgan fingerprint density at radius 1 is 1.43 bits per heavy atom. The van der Waals surface area contributed by atoms with Crippen LogP contribution in [0.4, 0.5) is 11.4 Å². The van der Waals surface area contributed by atoms with Crippen molar-refractivity contribution in [3.05, 3.63) is 23.2 Å². The van der Waals surface area contributed by atoms with Crippen molar-refractivity contribution in [2.75, 3.05) is 24.2 Å². The number of nitrogen functional groups attached to an aromatic ring is 1. The third-order valence-corrected chi connectivity index (χ3v) is 3.68. The monoisotopic (exact) mass is 313 g/mol. The molecule has 1 unspecified atom stereocenters. The van der Waals surface area contributed by atoms with Crippen molar-refractivity contribution in [1.29, 1.82) is 0 Å². The number of nitrogens with two attached hydrogens (primary N) is 1. The molecular weight excluding hydrogens is 290 g/mol. The van der Waals surface area contributed by atoms with Crippen molar-refractivity contribution >= 4 is 28.9 Å². The Hall–Kier alpha value is -1.30. The highest BCUT2D eigenvalue weighted by atomic mass is 35.5. The van der Waals surface area contributed by atoms with Crippen LogP contribution < -0.4 is 11.1 Å². The zero-order chi connectivity index (χ0) is 16.0. The molecule has 1 aromatic carbocycles. The van der Waals surface area contributed by atoms with Gasteiger partial charge in [0.2, 0.25) is 5.91 Å². The zero-order valence-corrected chi connectivity index (χ0v) is 13.5. The highest BCUT2D eigenvalue weighted by Gasteiger charge is 2.23. The number of hydrogen-bond acceptors (Lipinski definition) is 4. The van der Waals surface area contributed by atoms with Crippen LogP contribution in [0.3, 0.4) is 0 Å². The second-order valence-electron chi connectivity index (χ2n) is 5.31. The number of amides is 1. The number of carbonyl (C=O) groups is 1. The lowest BCUT2D eigenvalue weighted by molar-refractivity contribution is -0.121. The summed E-state index contributed by atoms with van der Waals surface area (Å²) in [5.41, 5.74) is 6.74. The summed E-state index contributed by atoms with van der Waals surface area (Å²) in [4.78, 5) is 14.4. The van der Waals surface area contributed by atoms with Crippen molar-refractivity contribution in [3.63, 3.8) is 0 Å². The van der Waals surface area contributed by atoms with Gasteiger partial charge in [-0.15, -0.1) is 0 Å². The Balaban J connectivity index is 2.76. The number of nitrogens with zero attached hydrogens (tertiary/aromatic N) is 1. The molecule has 0 spiro atoms. The van der Waals surface area contributed by atoms with E-state index in [1.54, 1.807) is 18.2 Å². The van der Waals surface area contributed by atoms with Crippen LogP contribution in [0.25, 0.3) is 0 Å². The van der Waals surface area contributed by atoms with E-state index < -0.39 is 0 Å². The quantitative estimate of drug-likeness (QED) is 0.675. The molecule has 21 heavy (non-hydrogen) atoms. The largest absolute Gasteiger partial charge is 0.399 e. The molecule has 0 saturated carbocycles. The van der Waals surface area contributed by atoms with E-state index in [-0.39, 0.29) is 24.6 Å². The molecule has 0 bridgehead atoms. The van der Waals surface area contributed by atoms with Gasteiger partial charge in [0.25, 0.3) is 0 Å². The molecule has 1 aromatic rings. The number of halogens is 1. The summed E-state index contributed by atoms with van der Waals surface area (Å²) in [5, 5.41) is 12.2. The smallest absolute Gasteiger partial charge is 0.241 e. The molecule has 6 heteroatoms. The van der Waals surface area contributed by atoms with Crippen LogP contribution in [0.5, 0.6) is 0 Å². The number of aliphatic hydroxyl groups excluding tert-OH is 1. The molecule has 1 rings (SSSR count). The summed E-state index contributed by atoms with van der Waals surface area (Å²) in [6, 6.07) is 4.88. The van der Waals surface area contributed by atoms with Crippen LogP contribution in [0.2, 0.25) is 5.02 Å². The van der Waals surface area contributed by atoms with Crippen molar-refractivity contribution in [1.82, 2.24) is 4.90 Å². The topological polar surface area (TPSA) is 78.6 Å². The van der Waals surface area contributed by atoms with E-state index >= 15 is 0 Å². The van der Waals surface area contributed by atoms with E-state index in [4.69, 9.17) is 22.4 Å². The van der Waals surface area contributed by atoms with Crippen LogP contribution in [-0.4, -0.2) is 41.1 Å². The summed E-state index contributed by atoms with van der Waals surface area (Å²) < 4.78 is 0. The van der Waals surface area contributed by atoms with Gasteiger partial charge < -0.3 is 16.2 Å². The van der Waals surface area contributed by atoms with E-state index in [0.717, 1.165) is 0 Å². The van der Waals surface area contributed by atoms with Gasteiger partial charge in [0, 0.05) is 24.9 Å². The Morgan fingerprint density at radius 2 is 2.10 bits per heavy atom. The number of anilines is 2. The van der Waals surface area contributed by atoms with E-state index in [1.165, 1.54) is 0 Å². The van der Waals surface area contributed by atoms with Crippen LogP contribution in [-0.2, 0) is 4.79 Å². The van der Waals surface area contributed by atoms with Gasteiger partial charge in [-0.2, -0.15) is 0 Å². The van der Waals surface area contributed by atoms with Crippen molar-refractivity contribution in [2.45, 2.75) is 39.3 Å². The number of hydrogen-bond donors (Lipinski definition) is 3. The summed E-state index contributed by atoms with van der Waals surface area (Å²) >= 11 is 6.06. The minimum absolute atomic E-state index is 0.112. The minimum atomic E-state index is -0.315. The molecule has 5 nitrogen and oxygen atoms in total. The van der Waals surface area contributed by atoms with Crippen LogP contribution >= 0.6 is 11.6 Å². The molecule has 0 radical (unpaired) electrons. The first kappa shape index (κ1) is 17.8. The first-order chi connectivity index (χ1) is 9.86. The first-order valence-electron chi connectivity index (χ1n) is 7.09. The molecule has 0 fully saturated rings. The second-order valence-corrected chi connectivity index (χ2v) is 5.72. The lowest BCUT2D eigenvalue weighted by atomic mass is 10.1. The average Bonchev–Trinajstić information content (AvgIpc) is 2.41. The van der Waals surface area contributed by atoms with Crippen LogP contribution in [0, 0.1) is 0 Å². The number of nitrogens with one attached hydrogen (secondary N) is 1. The SMILES string of the molecule is CC(C)N(CCCO)C(C)C(=O)Nc1ccc(N)cc1Cl. The lowest BCUT2D eigenvalue weighted by Crippen LogP contribution is -2.46. The summed E-state index contributed by atoms with van der Waals surface area (Å²) in [7, 11) is 0. The molecular formula is C15H24ClN3O2. The average molecular weight is 314 g/mol. The summed E-state index contributed by atoms with van der Waals surface area (Å²) in [6.07, 6.45) is 0.637. The van der Waals surface area contributed by atoms with E-state index in [2.05, 4.69) is 5.32 Å². The Morgan fingerprint density at radius 3 is 2.62 bits per heavy atom. The van der Waals surface area contributed by atoms with E-state index in [1.807, 2.05) is 25.7 Å². The van der Waals surface area contributed by atoms with Crippen LogP contribution in [0.1, 0.15) is 27.2 Å². The molecule has 0 aliphatic rings. The number of carbonyl (C=O) groups excluding carboxylic acids is 1. The van der Waals surface area contributed by atoms with Gasteiger partial charge >= 0.3 is 0 Å². The first-order valence-corrected chi connectivity index (χ1v) is 7.47. The molecule has 0 heterocycles. The molecule has 0 aliphatic carbocycles. The summed E-state index contributed by atoms with van der Waals surface area (Å²) in [6.45, 7) is 6.67. The standard InChI is InChI=1S/C15H24ClN3O2/c1-10(2)19(7-4-8-20)11(3)15(21)18-14-6-5-12(17)9-13(14)16/h5-6,9-11,20H,4,7-8,17H2,1-3H3,(H,18,21). The van der Waals surface area contributed by atoms with Gasteiger partial charge in [0.15, 0.2) is 0 Å². The van der Waals surface area contributed by atoms with Gasteiger partial charge in [-0.3, -0.25) is 9.69 Å². The molecule has 1 amide bonds. The molecule has 0 aliphatic heterocycles. The van der Waals surface area contributed by atoms with Crippen molar-refractivity contribution in [2.24, 2.45) is 0 Å². The lowest BCUT2D eigenvalue weighted by Gasteiger charge is -2.31. The molecule has 0 saturated heterocycles. The fraction of sp³-hybridized carbons (Fsp3) is 0.533.